The maximum atomic E-state index is 4.53. The summed E-state index contributed by atoms with van der Waals surface area (Å²) in [6.07, 6.45) is 3.58. The number of aromatic nitrogens is 3. The summed E-state index contributed by atoms with van der Waals surface area (Å²) in [6.45, 7) is 5.88. The van der Waals surface area contributed by atoms with Crippen LogP contribution in [-0.4, -0.2) is 41.1 Å². The third kappa shape index (κ3) is 2.28. The Morgan fingerprint density at radius 1 is 1.06 bits per heavy atom. The van der Waals surface area contributed by atoms with E-state index in [9.17, 15) is 0 Å². The number of thiazole rings is 1. The molecule has 94 valence electrons. The summed E-state index contributed by atoms with van der Waals surface area (Å²) in [7, 11) is 0. The molecule has 2 aromatic heterocycles. The fourth-order valence-corrected chi connectivity index (χ4v) is 2.90. The van der Waals surface area contributed by atoms with E-state index in [1.165, 1.54) is 0 Å². The van der Waals surface area contributed by atoms with Crippen LogP contribution in [0.4, 0.5) is 11.1 Å². The first kappa shape index (κ1) is 11.4. The highest BCUT2D eigenvalue weighted by Gasteiger charge is 2.20. The Kier molecular flexibility index (Phi) is 3.10. The number of rotatable bonds is 2. The van der Waals surface area contributed by atoms with Crippen molar-refractivity contribution >= 4 is 22.4 Å². The van der Waals surface area contributed by atoms with Crippen molar-refractivity contribution < 1.29 is 0 Å². The van der Waals surface area contributed by atoms with Crippen LogP contribution in [0.15, 0.2) is 23.8 Å². The van der Waals surface area contributed by atoms with E-state index in [0.717, 1.165) is 43.0 Å². The van der Waals surface area contributed by atoms with Gasteiger partial charge in [-0.3, -0.25) is 0 Å². The highest BCUT2D eigenvalue weighted by molar-refractivity contribution is 7.13. The molecule has 0 unspecified atom stereocenters. The summed E-state index contributed by atoms with van der Waals surface area (Å²) in [5.74, 6) is 0.826. The van der Waals surface area contributed by atoms with Crippen molar-refractivity contribution in [3.8, 4) is 0 Å². The van der Waals surface area contributed by atoms with Crippen LogP contribution >= 0.6 is 11.3 Å². The van der Waals surface area contributed by atoms with Gasteiger partial charge in [-0.1, -0.05) is 0 Å². The van der Waals surface area contributed by atoms with Gasteiger partial charge in [-0.25, -0.2) is 15.0 Å². The lowest BCUT2D eigenvalue weighted by atomic mass is 10.3. The third-order valence-electron chi connectivity index (χ3n) is 2.99. The maximum absolute atomic E-state index is 4.53. The first-order valence-electron chi connectivity index (χ1n) is 6.02. The average Bonchev–Trinajstić information content (AvgIpc) is 2.87. The van der Waals surface area contributed by atoms with Crippen LogP contribution in [0, 0.1) is 6.92 Å². The molecule has 1 saturated heterocycles. The number of hydrogen-bond acceptors (Lipinski definition) is 6. The molecule has 5 nitrogen and oxygen atoms in total. The molecule has 3 rings (SSSR count). The molecule has 0 radical (unpaired) electrons. The molecular weight excluding hydrogens is 246 g/mol. The lowest BCUT2D eigenvalue weighted by Crippen LogP contribution is -2.47. The van der Waals surface area contributed by atoms with Crippen LogP contribution in [0.3, 0.4) is 0 Å². The quantitative estimate of drug-likeness (QED) is 0.821. The van der Waals surface area contributed by atoms with Gasteiger partial charge in [0.25, 0.3) is 0 Å². The van der Waals surface area contributed by atoms with Gasteiger partial charge in [0.1, 0.15) is 0 Å². The Labute approximate surface area is 110 Å². The van der Waals surface area contributed by atoms with Gasteiger partial charge in [0.2, 0.25) is 5.95 Å². The molecule has 1 fully saturated rings. The van der Waals surface area contributed by atoms with Crippen LogP contribution in [0.1, 0.15) is 5.69 Å². The van der Waals surface area contributed by atoms with Crippen molar-refractivity contribution in [3.05, 3.63) is 29.5 Å². The second-order valence-electron chi connectivity index (χ2n) is 4.29. The van der Waals surface area contributed by atoms with E-state index in [-0.39, 0.29) is 0 Å². The first-order valence-corrected chi connectivity index (χ1v) is 6.90. The zero-order chi connectivity index (χ0) is 12.4. The second kappa shape index (κ2) is 4.89. The summed E-state index contributed by atoms with van der Waals surface area (Å²) in [4.78, 5) is 17.7. The van der Waals surface area contributed by atoms with Crippen LogP contribution < -0.4 is 9.80 Å². The molecule has 0 N–H and O–H groups in total. The molecule has 0 amide bonds. The van der Waals surface area contributed by atoms with Gasteiger partial charge in [0.15, 0.2) is 5.13 Å². The largest absolute Gasteiger partial charge is 0.345 e. The molecule has 0 aliphatic carbocycles. The molecular formula is C12H15N5S. The third-order valence-corrected chi connectivity index (χ3v) is 4.01. The number of anilines is 2. The lowest BCUT2D eigenvalue weighted by Gasteiger charge is -2.34. The molecule has 0 aromatic carbocycles. The van der Waals surface area contributed by atoms with Crippen LogP contribution in [-0.2, 0) is 0 Å². The molecule has 1 aliphatic rings. The number of hydrogen-bond donors (Lipinski definition) is 0. The summed E-state index contributed by atoms with van der Waals surface area (Å²) in [5, 5.41) is 3.23. The van der Waals surface area contributed by atoms with Crippen molar-refractivity contribution in [3.63, 3.8) is 0 Å². The molecule has 0 atom stereocenters. The molecule has 0 bridgehead atoms. The molecule has 3 heterocycles. The fraction of sp³-hybridized carbons (Fsp3) is 0.417. The highest BCUT2D eigenvalue weighted by atomic mass is 32.1. The van der Waals surface area contributed by atoms with Crippen LogP contribution in [0.5, 0.6) is 0 Å². The Hall–Kier alpha value is -1.69. The first-order chi connectivity index (χ1) is 8.83. The predicted molar refractivity (Wildman–Crippen MR) is 73.3 cm³/mol. The summed E-state index contributed by atoms with van der Waals surface area (Å²) >= 11 is 1.72. The van der Waals surface area contributed by atoms with Crippen LogP contribution in [0.2, 0.25) is 0 Å². The highest BCUT2D eigenvalue weighted by Crippen LogP contribution is 2.22. The normalized spacial score (nSPS) is 16.1. The van der Waals surface area contributed by atoms with Gasteiger partial charge in [0, 0.05) is 44.0 Å². The SMILES string of the molecule is Cc1csc(N2CCN(c3ncccn3)CC2)n1. The van der Waals surface area contributed by atoms with Crippen molar-refractivity contribution in [2.75, 3.05) is 36.0 Å². The second-order valence-corrected chi connectivity index (χ2v) is 5.13. The number of piperazine rings is 1. The van der Waals surface area contributed by atoms with E-state index >= 15 is 0 Å². The Morgan fingerprint density at radius 2 is 1.72 bits per heavy atom. The minimum absolute atomic E-state index is 0.826. The molecule has 0 saturated carbocycles. The molecule has 2 aromatic rings. The predicted octanol–water partition coefficient (Wildman–Crippen LogP) is 1.57. The maximum Gasteiger partial charge on any atom is 0.225 e. The van der Waals surface area contributed by atoms with Gasteiger partial charge in [-0.2, -0.15) is 0 Å². The van der Waals surface area contributed by atoms with E-state index in [4.69, 9.17) is 0 Å². The Bertz CT molecular complexity index is 504. The van der Waals surface area contributed by atoms with Gasteiger partial charge >= 0.3 is 0 Å². The molecule has 0 spiro atoms. The standard InChI is InChI=1S/C12H15N5S/c1-10-9-18-12(15-10)17-7-5-16(6-8-17)11-13-3-2-4-14-11/h2-4,9H,5-8H2,1H3. The van der Waals surface area contributed by atoms with E-state index in [0.29, 0.717) is 0 Å². The van der Waals surface area contributed by atoms with Gasteiger partial charge in [0.05, 0.1) is 5.69 Å². The van der Waals surface area contributed by atoms with Crippen LogP contribution in [0.25, 0.3) is 0 Å². The molecule has 6 heteroatoms. The van der Waals surface area contributed by atoms with Gasteiger partial charge in [-0.15, -0.1) is 11.3 Å². The van der Waals surface area contributed by atoms with E-state index in [1.807, 2.05) is 13.0 Å². The van der Waals surface area contributed by atoms with E-state index < -0.39 is 0 Å². The van der Waals surface area contributed by atoms with E-state index in [2.05, 4.69) is 30.1 Å². The lowest BCUT2D eigenvalue weighted by molar-refractivity contribution is 0.638. The van der Waals surface area contributed by atoms with Crippen molar-refractivity contribution in [1.29, 1.82) is 0 Å². The monoisotopic (exact) mass is 261 g/mol. The Morgan fingerprint density at radius 3 is 2.33 bits per heavy atom. The van der Waals surface area contributed by atoms with Crippen molar-refractivity contribution in [2.45, 2.75) is 6.92 Å². The zero-order valence-electron chi connectivity index (χ0n) is 10.3. The van der Waals surface area contributed by atoms with E-state index in [1.54, 1.807) is 23.7 Å². The number of aryl methyl sites for hydroxylation is 1. The molecule has 1 aliphatic heterocycles. The van der Waals surface area contributed by atoms with Crippen molar-refractivity contribution in [1.82, 2.24) is 15.0 Å². The average molecular weight is 261 g/mol. The summed E-state index contributed by atoms with van der Waals surface area (Å²) in [5.41, 5.74) is 1.10. The fourth-order valence-electron chi connectivity index (χ4n) is 2.04. The number of nitrogens with zero attached hydrogens (tertiary/aromatic N) is 5. The topological polar surface area (TPSA) is 45.2 Å². The minimum atomic E-state index is 0.826. The minimum Gasteiger partial charge on any atom is -0.345 e. The van der Waals surface area contributed by atoms with Gasteiger partial charge in [-0.05, 0) is 13.0 Å². The summed E-state index contributed by atoms with van der Waals surface area (Å²) in [6, 6.07) is 1.85. The zero-order valence-corrected chi connectivity index (χ0v) is 11.1. The summed E-state index contributed by atoms with van der Waals surface area (Å²) < 4.78 is 0. The Balaban J connectivity index is 1.65. The van der Waals surface area contributed by atoms with Gasteiger partial charge < -0.3 is 9.80 Å². The van der Waals surface area contributed by atoms with Crippen molar-refractivity contribution in [2.24, 2.45) is 0 Å². The smallest absolute Gasteiger partial charge is 0.225 e. The molecule has 18 heavy (non-hydrogen) atoms.